The van der Waals surface area contributed by atoms with Crippen LogP contribution in [0.1, 0.15) is 13.8 Å². The molecule has 0 aromatic rings. The fraction of sp³-hybridized carbons (Fsp3) is 0.844. The van der Waals surface area contributed by atoms with Crippen molar-refractivity contribution in [2.75, 3.05) is 33.0 Å². The number of nitrogens with two attached hydrogens (primary N) is 1. The molecule has 0 unspecified atom stereocenters. The minimum Gasteiger partial charge on any atom is -0.862 e. The maximum atomic E-state index is 12.8. The minimum absolute atomic E-state index is 0.0751. The van der Waals surface area contributed by atoms with Gasteiger partial charge < -0.3 is 104 Å². The molecule has 0 bridgehead atoms. The van der Waals surface area contributed by atoms with Crippen molar-refractivity contribution < 1.29 is 148 Å². The van der Waals surface area contributed by atoms with Crippen molar-refractivity contribution in [1.29, 1.82) is 0 Å². The molecule has 0 amide bonds. The van der Waals surface area contributed by atoms with E-state index in [9.17, 15) is 91.7 Å². The Kier molecular flexibility index (Phi) is 21.2. The molecule has 0 aromatic heterocycles. The first-order chi connectivity index (χ1) is 32.1. The van der Waals surface area contributed by atoms with Crippen LogP contribution < -0.4 is 16.1 Å². The number of aliphatic imine (C=N–C) groups is 2. The van der Waals surface area contributed by atoms with E-state index >= 15 is 0 Å². The highest BCUT2D eigenvalue weighted by Crippen LogP contribution is 2.36. The normalized spacial score (nSPS) is 39.6. The lowest BCUT2D eigenvalue weighted by atomic mass is 9.94. The van der Waals surface area contributed by atoms with Gasteiger partial charge in [-0.3, -0.25) is 19.1 Å². The molecule has 69 heavy (non-hydrogen) atoms. The zero-order chi connectivity index (χ0) is 51.7. The number of carboxylic acids is 2. The first-order valence-electron chi connectivity index (χ1n) is 19.7. The van der Waals surface area contributed by atoms with E-state index in [4.69, 9.17) is 48.6 Å². The second-order valence-corrected chi connectivity index (χ2v) is 17.1. The highest BCUT2D eigenvalue weighted by molar-refractivity contribution is 7.81. The summed E-state index contributed by atoms with van der Waals surface area (Å²) in [5, 5.41) is 125. The van der Waals surface area contributed by atoms with E-state index in [0.717, 1.165) is 20.1 Å². The summed E-state index contributed by atoms with van der Waals surface area (Å²) in [6.07, 6.45) is -40.2. The summed E-state index contributed by atoms with van der Waals surface area (Å²) in [6.45, 7) is -1.57. The molecule has 4 saturated heterocycles. The summed E-state index contributed by atoms with van der Waals surface area (Å²) in [5.41, 5.74) is 0. The molecule has 13 N–H and O–H groups in total. The Morgan fingerprint density at radius 3 is 1.52 bits per heavy atom. The third kappa shape index (κ3) is 16.0. The smallest absolute Gasteiger partial charge is 0.397 e. The number of nitrogens with zero attached hydrogens (tertiary/aromatic N) is 3. The summed E-state index contributed by atoms with van der Waals surface area (Å²) in [5.74, 6) is -1.20. The molecule has 0 spiro atoms. The van der Waals surface area contributed by atoms with Crippen LogP contribution in [0.3, 0.4) is 0 Å². The molecular formula is C32H50N4O31S2-2. The third-order valence-electron chi connectivity index (χ3n) is 9.96. The fourth-order valence-electron chi connectivity index (χ4n) is 6.93. The molecule has 20 atom stereocenters. The number of hydrogen-bond acceptors (Lipinski definition) is 31. The number of hydrogen-bond donors (Lipinski definition) is 12. The fourth-order valence-corrected chi connectivity index (χ4v) is 7.55. The number of ether oxygens (including phenoxy) is 8. The van der Waals surface area contributed by atoms with Crippen LogP contribution in [0.5, 0.6) is 0 Å². The Labute approximate surface area is 388 Å². The highest BCUT2D eigenvalue weighted by Gasteiger charge is 2.57. The van der Waals surface area contributed by atoms with E-state index in [1.165, 1.54) is 0 Å². The molecule has 4 rings (SSSR count). The second kappa shape index (κ2) is 25.2. The SMILES string of the molecule is CC([O-])=N[C@H]1[C@H](O[C@H]2[C@H](O)[C@@H](O)[C@H](O[C@H]3[C@@H](O)[C@@H](COS(=O)(=O)O)O[C@@H](OC/C=N\OCCON)[C@@H]3N=C(C)[O-])O[C@@H]2C(=O)O)O[C@H](COS(=O)(=O)O)[C@H](O)[C@@H]1O[C@@H]1O[C@H](C(=O)O)[C@@H](O)[C@H](O)[C@H]1O. The van der Waals surface area contributed by atoms with E-state index in [2.05, 4.69) is 28.3 Å². The summed E-state index contributed by atoms with van der Waals surface area (Å²) >= 11 is 0. The van der Waals surface area contributed by atoms with Crippen molar-refractivity contribution in [3.05, 3.63) is 0 Å². The largest absolute Gasteiger partial charge is 0.862 e. The average Bonchev–Trinajstić information content (AvgIpc) is 3.24. The van der Waals surface area contributed by atoms with Crippen LogP contribution in [-0.2, 0) is 86.3 Å². The molecule has 35 nitrogen and oxygen atoms in total. The molecule has 4 aliphatic heterocycles. The molecule has 37 heteroatoms. The van der Waals surface area contributed by atoms with Crippen molar-refractivity contribution >= 4 is 50.7 Å². The van der Waals surface area contributed by atoms with Gasteiger partial charge in [-0.25, -0.2) is 23.9 Å². The van der Waals surface area contributed by atoms with Gasteiger partial charge >= 0.3 is 32.7 Å². The Bertz CT molecular complexity index is 2010. The maximum absolute atomic E-state index is 12.8. The second-order valence-electron chi connectivity index (χ2n) is 14.9. The van der Waals surface area contributed by atoms with Crippen molar-refractivity contribution in [2.45, 2.75) is 137 Å². The first-order valence-corrected chi connectivity index (χ1v) is 22.4. The molecule has 0 aromatic carbocycles. The average molecular weight is 1050 g/mol. The summed E-state index contributed by atoms with van der Waals surface area (Å²) in [6, 6.07) is -4.00. The Balaban J connectivity index is 1.69. The molecule has 0 aliphatic carbocycles. The molecule has 0 saturated carbocycles. The quantitative estimate of drug-likeness (QED) is 0.0149. The maximum Gasteiger partial charge on any atom is 0.397 e. The van der Waals surface area contributed by atoms with Gasteiger partial charge in [-0.15, -0.1) is 0 Å². The molecule has 4 aliphatic rings. The van der Waals surface area contributed by atoms with Gasteiger partial charge in [0.15, 0.2) is 37.4 Å². The van der Waals surface area contributed by atoms with Crippen molar-refractivity contribution in [2.24, 2.45) is 21.0 Å². The van der Waals surface area contributed by atoms with Crippen LogP contribution in [-0.4, -0.2) is 258 Å². The van der Waals surface area contributed by atoms with Gasteiger partial charge in [0.2, 0.25) is 0 Å². The molecule has 398 valence electrons. The van der Waals surface area contributed by atoms with Crippen molar-refractivity contribution in [3.63, 3.8) is 0 Å². The van der Waals surface area contributed by atoms with E-state index in [0.29, 0.717) is 0 Å². The topological polar surface area (TPSA) is 545 Å². The van der Waals surface area contributed by atoms with Gasteiger partial charge in [-0.2, -0.15) is 16.8 Å². The van der Waals surface area contributed by atoms with Crippen LogP contribution in [0.25, 0.3) is 0 Å². The van der Waals surface area contributed by atoms with Gasteiger partial charge in [0, 0.05) is 0 Å². The van der Waals surface area contributed by atoms with Crippen molar-refractivity contribution in [1.82, 2.24) is 0 Å². The Morgan fingerprint density at radius 2 is 1.06 bits per heavy atom. The van der Waals surface area contributed by atoms with Gasteiger partial charge in [0.1, 0.15) is 98.5 Å². The lowest BCUT2D eigenvalue weighted by Gasteiger charge is -2.49. The Morgan fingerprint density at radius 1 is 0.609 bits per heavy atom. The molecule has 4 heterocycles. The third-order valence-corrected chi connectivity index (χ3v) is 10.8. The van der Waals surface area contributed by atoms with Gasteiger partial charge in [-0.05, 0) is 25.6 Å². The zero-order valence-corrected chi connectivity index (χ0v) is 37.1. The van der Waals surface area contributed by atoms with Crippen LogP contribution >= 0.6 is 0 Å². The highest BCUT2D eigenvalue weighted by atomic mass is 32.3. The lowest BCUT2D eigenvalue weighted by molar-refractivity contribution is -0.367. The summed E-state index contributed by atoms with van der Waals surface area (Å²) in [7, 11) is -10.6. The van der Waals surface area contributed by atoms with E-state index in [1.807, 2.05) is 0 Å². The van der Waals surface area contributed by atoms with Crippen LogP contribution in [0, 0.1) is 0 Å². The van der Waals surface area contributed by atoms with E-state index < -0.39 is 187 Å². The number of aliphatic hydroxyl groups excluding tert-OH is 7. The van der Waals surface area contributed by atoms with Gasteiger partial charge in [0.05, 0.1) is 26.0 Å². The Hall–Kier alpha value is -3.59. The van der Waals surface area contributed by atoms with E-state index in [1.54, 1.807) is 0 Å². The zero-order valence-electron chi connectivity index (χ0n) is 35.5. The monoisotopic (exact) mass is 1050 g/mol. The van der Waals surface area contributed by atoms with Crippen LogP contribution in [0.4, 0.5) is 0 Å². The number of carboxylic acid groups (broad SMARTS) is 2. The van der Waals surface area contributed by atoms with Crippen LogP contribution in [0.2, 0.25) is 0 Å². The first kappa shape index (κ1) is 58.0. The number of aliphatic carboxylic acids is 2. The summed E-state index contributed by atoms with van der Waals surface area (Å²) < 4.78 is 117. The van der Waals surface area contributed by atoms with Gasteiger partial charge in [-0.1, -0.05) is 5.16 Å². The number of rotatable bonds is 23. The lowest BCUT2D eigenvalue weighted by Crippen LogP contribution is -2.68. The number of aliphatic hydroxyl groups is 7. The van der Waals surface area contributed by atoms with Crippen molar-refractivity contribution in [3.8, 4) is 0 Å². The number of oxime groups is 1. The molecule has 0 radical (unpaired) electrons. The van der Waals surface area contributed by atoms with Gasteiger partial charge in [0.25, 0.3) is 0 Å². The minimum atomic E-state index is -5.35. The predicted molar refractivity (Wildman–Crippen MR) is 206 cm³/mol. The van der Waals surface area contributed by atoms with Crippen LogP contribution in [0.15, 0.2) is 15.1 Å². The molecule has 4 fully saturated rings. The predicted octanol–water partition coefficient (Wildman–Crippen LogP) is -10.4. The number of carbonyl (C=O) groups is 2. The molecular weight excluding hydrogens is 1000 g/mol. The standard InChI is InChI=1S/C32H52N4O31S2/c1-9(37)35-13-22(15(39)11(7-59-68(50,51)52)61-29(13)56-4-3-34-58-6-5-57-33)63-32-21(45)19(43)24(26(67-32)28(48)49)65-30-14(36-10(2)38)23(16(40)12(62-30)8-60-69(53,54)55)64-31-20(44)17(41)18(42)25(66-31)27(46)47/h3,11-26,29-32,39-45H,4-8,33H2,1-2H3,(H,35,37)(H,36,38)(H,46,47)(H,48,49)(H,50,51,52)(H,53,54,55)/p-2/b34-3-/t11-,12-,13-,14-,15+,16+,17+,18+,19-,20-,21-,22-,23-,24+,25+,26+,29-,30+,31-,32-/m1/s1. The van der Waals surface area contributed by atoms with E-state index in [-0.39, 0.29) is 13.2 Å². The summed E-state index contributed by atoms with van der Waals surface area (Å²) in [4.78, 5) is 41.2.